The number of hydrogen-bond donors (Lipinski definition) is 1. The van der Waals surface area contributed by atoms with E-state index in [0.29, 0.717) is 11.3 Å². The van der Waals surface area contributed by atoms with E-state index in [9.17, 15) is 9.59 Å². The van der Waals surface area contributed by atoms with Crippen LogP contribution >= 0.6 is 11.8 Å². The second-order valence-corrected chi connectivity index (χ2v) is 7.51. The van der Waals surface area contributed by atoms with Crippen LogP contribution in [0.1, 0.15) is 17.3 Å². The Hall–Kier alpha value is -2.51. The van der Waals surface area contributed by atoms with E-state index in [4.69, 9.17) is 9.47 Å². The molecule has 1 aliphatic rings. The van der Waals surface area contributed by atoms with Gasteiger partial charge in [0, 0.05) is 29.4 Å². The van der Waals surface area contributed by atoms with Crippen molar-refractivity contribution >= 4 is 35.0 Å². The predicted molar refractivity (Wildman–Crippen MR) is 111 cm³/mol. The number of nitrogens with one attached hydrogen (secondary N) is 1. The first-order chi connectivity index (χ1) is 13.7. The molecule has 2 aromatic rings. The van der Waals surface area contributed by atoms with E-state index in [1.165, 1.54) is 0 Å². The van der Waals surface area contributed by atoms with Gasteiger partial charge in [-0.15, -0.1) is 11.8 Å². The fourth-order valence-corrected chi connectivity index (χ4v) is 3.69. The third kappa shape index (κ3) is 5.50. The number of esters is 1. The molecule has 1 heterocycles. The Kier molecular flexibility index (Phi) is 7.33. The summed E-state index contributed by atoms with van der Waals surface area (Å²) in [5.41, 5.74) is 2.25. The molecule has 1 aliphatic heterocycles. The minimum atomic E-state index is -0.491. The smallest absolute Gasteiger partial charge is 0.339 e. The zero-order chi connectivity index (χ0) is 19.8. The van der Waals surface area contributed by atoms with Crippen LogP contribution in [-0.4, -0.2) is 50.5 Å². The molecule has 3 rings (SSSR count). The average Bonchev–Trinajstić information content (AvgIpc) is 2.74. The zero-order valence-corrected chi connectivity index (χ0v) is 16.7. The van der Waals surface area contributed by atoms with Crippen LogP contribution in [0, 0.1) is 0 Å². The molecule has 0 unspecified atom stereocenters. The van der Waals surface area contributed by atoms with Gasteiger partial charge in [-0.2, -0.15) is 0 Å². The van der Waals surface area contributed by atoms with Crippen molar-refractivity contribution in [2.45, 2.75) is 11.8 Å². The lowest BCUT2D eigenvalue weighted by Gasteiger charge is -2.28. The first-order valence-corrected chi connectivity index (χ1v) is 10.3. The van der Waals surface area contributed by atoms with Crippen LogP contribution in [0.2, 0.25) is 0 Å². The lowest BCUT2D eigenvalue weighted by molar-refractivity contribution is -0.119. The molecule has 1 fully saturated rings. The summed E-state index contributed by atoms with van der Waals surface area (Å²) in [6, 6.07) is 14.9. The summed E-state index contributed by atoms with van der Waals surface area (Å²) in [4.78, 5) is 27.5. The van der Waals surface area contributed by atoms with Gasteiger partial charge < -0.3 is 19.7 Å². The number of ether oxygens (including phenoxy) is 2. The summed E-state index contributed by atoms with van der Waals surface area (Å²) in [7, 11) is 0. The van der Waals surface area contributed by atoms with E-state index in [-0.39, 0.29) is 12.5 Å². The lowest BCUT2D eigenvalue weighted by Crippen LogP contribution is -2.36. The third-order valence-corrected chi connectivity index (χ3v) is 5.22. The molecule has 0 atom stereocenters. The summed E-state index contributed by atoms with van der Waals surface area (Å²) in [5, 5.41) is 2.75. The Balaban J connectivity index is 1.51. The zero-order valence-electron chi connectivity index (χ0n) is 15.8. The van der Waals surface area contributed by atoms with Gasteiger partial charge in [0.2, 0.25) is 0 Å². The van der Waals surface area contributed by atoms with Crippen molar-refractivity contribution in [1.29, 1.82) is 0 Å². The fourth-order valence-electron chi connectivity index (χ4n) is 2.90. The standard InChI is InChI=1S/C21H24N2O4S/c1-2-28-19-6-4-3-5-18(19)21(25)27-15-20(24)22-16-7-9-17(10-8-16)23-11-13-26-14-12-23/h3-10H,2,11-15H2,1H3,(H,22,24). The number of thioether (sulfide) groups is 1. The van der Waals surface area contributed by atoms with Crippen molar-refractivity contribution < 1.29 is 19.1 Å². The molecule has 7 heteroatoms. The molecule has 0 spiro atoms. The second kappa shape index (κ2) is 10.1. The van der Waals surface area contributed by atoms with Crippen molar-refractivity contribution in [1.82, 2.24) is 0 Å². The van der Waals surface area contributed by atoms with Gasteiger partial charge in [-0.1, -0.05) is 19.1 Å². The fraction of sp³-hybridized carbons (Fsp3) is 0.333. The molecule has 148 valence electrons. The molecule has 1 amide bonds. The van der Waals surface area contributed by atoms with Crippen LogP contribution in [0.5, 0.6) is 0 Å². The number of amides is 1. The molecular weight excluding hydrogens is 376 g/mol. The minimum absolute atomic E-state index is 0.324. The van der Waals surface area contributed by atoms with E-state index < -0.39 is 5.97 Å². The summed E-state index contributed by atoms with van der Waals surface area (Å²) in [6.45, 7) is 4.87. The van der Waals surface area contributed by atoms with Crippen molar-refractivity contribution in [3.8, 4) is 0 Å². The highest BCUT2D eigenvalue weighted by Crippen LogP contribution is 2.23. The second-order valence-electron chi connectivity index (χ2n) is 6.20. The third-order valence-electron chi connectivity index (χ3n) is 4.27. The van der Waals surface area contributed by atoms with E-state index in [1.807, 2.05) is 43.3 Å². The first-order valence-electron chi connectivity index (χ1n) is 9.29. The Labute approximate surface area is 169 Å². The molecule has 0 aromatic heterocycles. The van der Waals surface area contributed by atoms with Gasteiger partial charge in [0.15, 0.2) is 6.61 Å². The molecular formula is C21H24N2O4S. The number of anilines is 2. The highest BCUT2D eigenvalue weighted by Gasteiger charge is 2.15. The molecule has 0 saturated carbocycles. The van der Waals surface area contributed by atoms with Crippen LogP contribution in [0.3, 0.4) is 0 Å². The minimum Gasteiger partial charge on any atom is -0.452 e. The largest absolute Gasteiger partial charge is 0.452 e. The molecule has 28 heavy (non-hydrogen) atoms. The summed E-state index contributed by atoms with van der Waals surface area (Å²) in [5.74, 6) is -0.00642. The average molecular weight is 401 g/mol. The molecule has 0 radical (unpaired) electrons. The highest BCUT2D eigenvalue weighted by atomic mass is 32.2. The summed E-state index contributed by atoms with van der Waals surface area (Å²) in [6.07, 6.45) is 0. The Bertz CT molecular complexity index is 804. The predicted octanol–water partition coefficient (Wildman–Crippen LogP) is 3.43. The number of rotatable bonds is 7. The molecule has 0 bridgehead atoms. The van der Waals surface area contributed by atoms with Crippen molar-refractivity contribution in [2.24, 2.45) is 0 Å². The van der Waals surface area contributed by atoms with Crippen LogP contribution in [0.15, 0.2) is 53.4 Å². The molecule has 6 nitrogen and oxygen atoms in total. The lowest BCUT2D eigenvalue weighted by atomic mass is 10.2. The maximum atomic E-state index is 12.3. The van der Waals surface area contributed by atoms with Gasteiger partial charge in [-0.3, -0.25) is 4.79 Å². The number of carbonyl (C=O) groups is 2. The number of carbonyl (C=O) groups excluding carboxylic acids is 2. The number of morpholine rings is 1. The Morgan fingerprint density at radius 2 is 1.82 bits per heavy atom. The molecule has 2 aromatic carbocycles. The Morgan fingerprint density at radius 3 is 2.54 bits per heavy atom. The van der Waals surface area contributed by atoms with E-state index >= 15 is 0 Å². The summed E-state index contributed by atoms with van der Waals surface area (Å²) < 4.78 is 10.5. The van der Waals surface area contributed by atoms with Gasteiger partial charge in [-0.05, 0) is 42.2 Å². The first kappa shape index (κ1) is 20.2. The van der Waals surface area contributed by atoms with Gasteiger partial charge in [0.1, 0.15) is 0 Å². The quantitative estimate of drug-likeness (QED) is 0.567. The van der Waals surface area contributed by atoms with Gasteiger partial charge in [-0.25, -0.2) is 4.79 Å². The maximum absolute atomic E-state index is 12.3. The number of hydrogen-bond acceptors (Lipinski definition) is 6. The molecule has 0 aliphatic carbocycles. The monoisotopic (exact) mass is 400 g/mol. The molecule has 1 saturated heterocycles. The van der Waals surface area contributed by atoms with E-state index in [0.717, 1.165) is 42.6 Å². The van der Waals surface area contributed by atoms with Crippen LogP contribution in [0.4, 0.5) is 11.4 Å². The SMILES string of the molecule is CCSc1ccccc1C(=O)OCC(=O)Nc1ccc(N2CCOCC2)cc1. The van der Waals surface area contributed by atoms with Crippen molar-refractivity contribution in [2.75, 3.05) is 48.9 Å². The maximum Gasteiger partial charge on any atom is 0.339 e. The van der Waals surface area contributed by atoms with Crippen LogP contribution in [-0.2, 0) is 14.3 Å². The van der Waals surface area contributed by atoms with Gasteiger partial charge in [0.05, 0.1) is 18.8 Å². The van der Waals surface area contributed by atoms with Crippen molar-refractivity contribution in [3.05, 3.63) is 54.1 Å². The van der Waals surface area contributed by atoms with E-state index in [2.05, 4.69) is 10.2 Å². The van der Waals surface area contributed by atoms with Crippen LogP contribution in [0.25, 0.3) is 0 Å². The van der Waals surface area contributed by atoms with Crippen LogP contribution < -0.4 is 10.2 Å². The molecule has 1 N–H and O–H groups in total. The normalized spacial score (nSPS) is 13.8. The topological polar surface area (TPSA) is 67.9 Å². The van der Waals surface area contributed by atoms with Gasteiger partial charge >= 0.3 is 5.97 Å². The number of benzene rings is 2. The van der Waals surface area contributed by atoms with Crippen molar-refractivity contribution in [3.63, 3.8) is 0 Å². The summed E-state index contributed by atoms with van der Waals surface area (Å²) >= 11 is 1.57. The highest BCUT2D eigenvalue weighted by molar-refractivity contribution is 7.99. The number of nitrogens with zero attached hydrogens (tertiary/aromatic N) is 1. The van der Waals surface area contributed by atoms with E-state index in [1.54, 1.807) is 23.9 Å². The Morgan fingerprint density at radius 1 is 1.11 bits per heavy atom. The van der Waals surface area contributed by atoms with Gasteiger partial charge in [0.25, 0.3) is 5.91 Å².